The van der Waals surface area contributed by atoms with Gasteiger partial charge in [0.2, 0.25) is 0 Å². The summed E-state index contributed by atoms with van der Waals surface area (Å²) >= 11 is 0. The first-order valence-electron chi connectivity index (χ1n) is 12.2. The molecule has 0 bridgehead atoms. The van der Waals surface area contributed by atoms with Crippen molar-refractivity contribution in [2.75, 3.05) is 13.7 Å². The summed E-state index contributed by atoms with van der Waals surface area (Å²) in [7, 11) is 1.39. The lowest BCUT2D eigenvalue weighted by molar-refractivity contribution is 0.0600. The highest BCUT2D eigenvalue weighted by Crippen LogP contribution is 2.24. The molecule has 4 nitrogen and oxygen atoms in total. The van der Waals surface area contributed by atoms with Gasteiger partial charge in [-0.3, -0.25) is 0 Å². The highest BCUT2D eigenvalue weighted by atomic mass is 16.5. The first kappa shape index (κ1) is 25.8. The molecule has 0 fully saturated rings. The molecule has 1 atom stereocenters. The second-order valence-corrected chi connectivity index (χ2v) is 8.60. The molecule has 0 aliphatic carbocycles. The van der Waals surface area contributed by atoms with Gasteiger partial charge in [-0.1, -0.05) is 68.0 Å². The van der Waals surface area contributed by atoms with Gasteiger partial charge in [0.1, 0.15) is 5.75 Å². The van der Waals surface area contributed by atoms with Gasteiger partial charge >= 0.3 is 5.97 Å². The summed E-state index contributed by atoms with van der Waals surface area (Å²) in [5.74, 6) is 0.872. The largest absolute Gasteiger partial charge is 0.493 e. The third kappa shape index (κ3) is 8.15. The van der Waals surface area contributed by atoms with Gasteiger partial charge in [-0.2, -0.15) is 5.26 Å². The molecule has 3 rings (SSSR count). The molecule has 180 valence electrons. The second kappa shape index (κ2) is 13.8. The zero-order valence-corrected chi connectivity index (χ0v) is 20.6. The zero-order chi connectivity index (χ0) is 24.9. The number of esters is 1. The molecule has 0 saturated carbocycles. The van der Waals surface area contributed by atoms with Gasteiger partial charge in [0.15, 0.2) is 0 Å². The third-order valence-electron chi connectivity index (χ3n) is 5.98. The van der Waals surface area contributed by atoms with Gasteiger partial charge in [-0.05, 0) is 73.1 Å². The lowest BCUT2D eigenvalue weighted by Crippen LogP contribution is -2.05. The topological polar surface area (TPSA) is 59.3 Å². The minimum absolute atomic E-state index is 0.290. The van der Waals surface area contributed by atoms with Crippen molar-refractivity contribution in [2.45, 2.75) is 39.0 Å². The first-order chi connectivity index (χ1) is 17.1. The predicted octanol–water partition coefficient (Wildman–Crippen LogP) is 7.03. The summed E-state index contributed by atoms with van der Waals surface area (Å²) in [6, 6.07) is 25.7. The maximum Gasteiger partial charge on any atom is 0.337 e. The van der Waals surface area contributed by atoms with Crippen LogP contribution in [-0.2, 0) is 17.6 Å². The van der Waals surface area contributed by atoms with Gasteiger partial charge in [-0.15, -0.1) is 0 Å². The molecule has 0 saturated heterocycles. The van der Waals surface area contributed by atoms with E-state index in [9.17, 15) is 4.79 Å². The quantitative estimate of drug-likeness (QED) is 0.212. The van der Waals surface area contributed by atoms with Gasteiger partial charge in [-0.25, -0.2) is 4.79 Å². The van der Waals surface area contributed by atoms with E-state index in [1.165, 1.54) is 18.2 Å². The number of rotatable bonds is 12. The Bertz CT molecular complexity index is 1140. The molecule has 0 spiro atoms. The molecule has 4 heteroatoms. The lowest BCUT2D eigenvalue weighted by atomic mass is 9.91. The molecule has 0 radical (unpaired) electrons. The van der Waals surface area contributed by atoms with E-state index in [4.69, 9.17) is 14.7 Å². The van der Waals surface area contributed by atoms with Crippen molar-refractivity contribution in [3.8, 4) is 11.8 Å². The number of hydrogen-bond donors (Lipinski definition) is 0. The van der Waals surface area contributed by atoms with Crippen molar-refractivity contribution in [3.05, 3.63) is 107 Å². The van der Waals surface area contributed by atoms with Crippen molar-refractivity contribution in [1.29, 1.82) is 5.26 Å². The Kier molecular flexibility index (Phi) is 10.1. The van der Waals surface area contributed by atoms with Crippen molar-refractivity contribution in [2.24, 2.45) is 5.92 Å². The van der Waals surface area contributed by atoms with Crippen molar-refractivity contribution < 1.29 is 14.3 Å². The molecule has 0 amide bonds. The van der Waals surface area contributed by atoms with Crippen LogP contribution in [0, 0.1) is 17.2 Å². The Morgan fingerprint density at radius 2 is 1.71 bits per heavy atom. The smallest absolute Gasteiger partial charge is 0.337 e. The maximum atomic E-state index is 11.8. The molecule has 0 N–H and O–H groups in total. The molecular weight excluding hydrogens is 434 g/mol. The normalized spacial score (nSPS) is 11.7. The first-order valence-corrected chi connectivity index (χ1v) is 12.2. The minimum atomic E-state index is -0.325. The van der Waals surface area contributed by atoms with Gasteiger partial charge in [0.05, 0.1) is 30.9 Å². The Morgan fingerprint density at radius 3 is 2.40 bits per heavy atom. The summed E-state index contributed by atoms with van der Waals surface area (Å²) in [4.78, 5) is 11.8. The summed E-state index contributed by atoms with van der Waals surface area (Å²) in [5.41, 5.74) is 4.69. The van der Waals surface area contributed by atoms with Crippen LogP contribution in [0.1, 0.15) is 58.8 Å². The van der Waals surface area contributed by atoms with E-state index in [0.29, 0.717) is 17.0 Å². The zero-order valence-electron chi connectivity index (χ0n) is 20.6. The fraction of sp³-hybridized carbons (Fsp3) is 0.290. The molecule has 0 aliphatic rings. The van der Waals surface area contributed by atoms with Gasteiger partial charge < -0.3 is 9.47 Å². The fourth-order valence-corrected chi connectivity index (χ4v) is 3.88. The summed E-state index contributed by atoms with van der Waals surface area (Å²) in [6.45, 7) is 2.88. The summed E-state index contributed by atoms with van der Waals surface area (Å²) < 4.78 is 10.8. The number of methoxy groups -OCH3 is 1. The number of carbonyl (C=O) groups excluding carboxylic acids is 1. The number of nitrogens with zero attached hydrogens (tertiary/aromatic N) is 1. The Balaban J connectivity index is 1.76. The summed E-state index contributed by atoms with van der Waals surface area (Å²) in [6.07, 6.45) is 9.28. The van der Waals surface area contributed by atoms with Crippen LogP contribution in [0.15, 0.2) is 78.9 Å². The minimum Gasteiger partial charge on any atom is -0.493 e. The molecule has 1 unspecified atom stereocenters. The number of hydrogen-bond acceptors (Lipinski definition) is 4. The standard InChI is InChI=1S/C31H33NO3/c1-3-4-21-35-30-8-6-5-7-28(30)18-15-25(12-9-24-10-13-27(23-32)14-11-24)22-26-16-19-29(20-17-26)31(33)34-2/h5-8,10-11,13-20,25H,3-4,9,12,21-22H2,1-2H3. The SMILES string of the molecule is CCCCOc1ccccc1C=CC(CCc1ccc(C#N)cc1)Cc1ccc(C(=O)OC)cc1. The van der Waals surface area contributed by atoms with Crippen LogP contribution < -0.4 is 4.74 Å². The van der Waals surface area contributed by atoms with Gasteiger partial charge in [0.25, 0.3) is 0 Å². The van der Waals surface area contributed by atoms with E-state index in [-0.39, 0.29) is 5.97 Å². The number of ether oxygens (including phenoxy) is 2. The highest BCUT2D eigenvalue weighted by Gasteiger charge is 2.10. The highest BCUT2D eigenvalue weighted by molar-refractivity contribution is 5.89. The lowest BCUT2D eigenvalue weighted by Gasteiger charge is -2.15. The van der Waals surface area contributed by atoms with E-state index < -0.39 is 0 Å². The molecule has 3 aromatic carbocycles. The van der Waals surface area contributed by atoms with E-state index in [1.54, 1.807) is 0 Å². The molecular formula is C31H33NO3. The Labute approximate surface area is 208 Å². The van der Waals surface area contributed by atoms with Crippen molar-refractivity contribution in [3.63, 3.8) is 0 Å². The van der Waals surface area contributed by atoms with E-state index in [0.717, 1.165) is 50.0 Å². The number of para-hydroxylation sites is 1. The number of aryl methyl sites for hydroxylation is 1. The van der Waals surface area contributed by atoms with Crippen LogP contribution in [-0.4, -0.2) is 19.7 Å². The molecule has 3 aromatic rings. The number of unbranched alkanes of at least 4 members (excludes halogenated alkanes) is 1. The molecule has 0 aromatic heterocycles. The average Bonchev–Trinajstić information content (AvgIpc) is 2.91. The van der Waals surface area contributed by atoms with Gasteiger partial charge in [0, 0.05) is 5.56 Å². The second-order valence-electron chi connectivity index (χ2n) is 8.60. The molecule has 0 aliphatic heterocycles. The number of benzene rings is 3. The van der Waals surface area contributed by atoms with E-state index in [1.807, 2.05) is 66.7 Å². The number of nitriles is 1. The van der Waals surface area contributed by atoms with Crippen LogP contribution in [0.2, 0.25) is 0 Å². The van der Waals surface area contributed by atoms with Crippen LogP contribution >= 0.6 is 0 Å². The fourth-order valence-electron chi connectivity index (χ4n) is 3.88. The number of allylic oxidation sites excluding steroid dienone is 1. The van der Waals surface area contributed by atoms with Crippen LogP contribution in [0.25, 0.3) is 6.08 Å². The van der Waals surface area contributed by atoms with Crippen LogP contribution in [0.4, 0.5) is 0 Å². The number of carbonyl (C=O) groups is 1. The molecule has 35 heavy (non-hydrogen) atoms. The third-order valence-corrected chi connectivity index (χ3v) is 5.98. The summed E-state index contributed by atoms with van der Waals surface area (Å²) in [5, 5.41) is 9.05. The van der Waals surface area contributed by atoms with Crippen LogP contribution in [0.5, 0.6) is 5.75 Å². The van der Waals surface area contributed by atoms with Crippen molar-refractivity contribution in [1.82, 2.24) is 0 Å². The predicted molar refractivity (Wildman–Crippen MR) is 140 cm³/mol. The Morgan fingerprint density at radius 1 is 1.00 bits per heavy atom. The van der Waals surface area contributed by atoms with Crippen LogP contribution in [0.3, 0.4) is 0 Å². The monoisotopic (exact) mass is 467 g/mol. The van der Waals surface area contributed by atoms with E-state index >= 15 is 0 Å². The Hall–Kier alpha value is -3.84. The maximum absolute atomic E-state index is 11.8. The average molecular weight is 468 g/mol. The molecule has 0 heterocycles. The van der Waals surface area contributed by atoms with Crippen molar-refractivity contribution >= 4 is 12.0 Å². The van der Waals surface area contributed by atoms with E-state index in [2.05, 4.69) is 31.2 Å².